The average Bonchev–Trinajstić information content (AvgIpc) is 3.02. The van der Waals surface area contributed by atoms with Gasteiger partial charge in [-0.25, -0.2) is 0 Å². The van der Waals surface area contributed by atoms with Crippen LogP contribution >= 0.6 is 36.4 Å². The number of rotatable bonds is 4. The number of hydrogen-bond donors (Lipinski definition) is 1. The van der Waals surface area contributed by atoms with Crippen LogP contribution in [0.1, 0.15) is 11.6 Å². The van der Waals surface area contributed by atoms with Crippen molar-refractivity contribution in [2.24, 2.45) is 7.05 Å². The maximum Gasteiger partial charge on any atom is 0.244 e. The number of likely N-dealkylation sites (N-methyl/N-ethyl adjacent to an activating group) is 1. The first-order chi connectivity index (χ1) is 11.6. The third-order valence-electron chi connectivity index (χ3n) is 4.38. The number of amides is 1. The van der Waals surface area contributed by atoms with E-state index in [2.05, 4.69) is 15.3 Å². The van der Waals surface area contributed by atoms with E-state index in [1.165, 1.54) is 0 Å². The van der Waals surface area contributed by atoms with Gasteiger partial charge in [0.2, 0.25) is 5.91 Å². The van der Waals surface area contributed by atoms with Crippen LogP contribution in [-0.4, -0.2) is 53.8 Å². The monoisotopic (exact) mass is 419 g/mol. The molecule has 1 aromatic heterocycles. The Kier molecular flexibility index (Phi) is 8.70. The second kappa shape index (κ2) is 10.0. The minimum atomic E-state index is -0.356. The third-order valence-corrected chi connectivity index (χ3v) is 4.70. The van der Waals surface area contributed by atoms with E-state index in [4.69, 9.17) is 11.6 Å². The zero-order valence-electron chi connectivity index (χ0n) is 14.8. The van der Waals surface area contributed by atoms with Crippen LogP contribution in [0.3, 0.4) is 0 Å². The predicted molar refractivity (Wildman–Crippen MR) is 110 cm³/mol. The van der Waals surface area contributed by atoms with Crippen molar-refractivity contribution in [2.75, 3.05) is 38.1 Å². The highest BCUT2D eigenvalue weighted by molar-refractivity contribution is 6.33. The number of halogens is 3. The van der Waals surface area contributed by atoms with Crippen LogP contribution in [0.15, 0.2) is 36.7 Å². The maximum atomic E-state index is 12.8. The van der Waals surface area contributed by atoms with Gasteiger partial charge in [0.1, 0.15) is 6.04 Å². The van der Waals surface area contributed by atoms with Crippen molar-refractivity contribution in [3.05, 3.63) is 47.2 Å². The molecule has 0 radical (unpaired) electrons. The lowest BCUT2D eigenvalue weighted by Gasteiger charge is -2.37. The van der Waals surface area contributed by atoms with Crippen LogP contribution in [0.5, 0.6) is 0 Å². The Labute approximate surface area is 171 Å². The van der Waals surface area contributed by atoms with E-state index in [1.807, 2.05) is 42.4 Å². The van der Waals surface area contributed by atoms with Gasteiger partial charge in [-0.15, -0.1) is 24.8 Å². The maximum absolute atomic E-state index is 12.8. The van der Waals surface area contributed by atoms with E-state index in [1.54, 1.807) is 17.9 Å². The normalized spacial score (nSPS) is 15.0. The number of para-hydroxylation sites is 1. The number of carbonyl (C=O) groups is 1. The number of piperazine rings is 1. The van der Waals surface area contributed by atoms with Crippen LogP contribution in [0.4, 0.5) is 5.69 Å². The Bertz CT molecular complexity index is 716. The van der Waals surface area contributed by atoms with Gasteiger partial charge in [-0.05, 0) is 19.2 Å². The molecule has 1 saturated heterocycles. The zero-order chi connectivity index (χ0) is 17.1. The lowest BCUT2D eigenvalue weighted by atomic mass is 10.1. The molecule has 3 rings (SSSR count). The van der Waals surface area contributed by atoms with Gasteiger partial charge in [0.15, 0.2) is 0 Å². The fourth-order valence-corrected chi connectivity index (χ4v) is 3.34. The molecule has 0 saturated carbocycles. The predicted octanol–water partition coefficient (Wildman–Crippen LogP) is 2.53. The molecule has 144 valence electrons. The summed E-state index contributed by atoms with van der Waals surface area (Å²) in [5.41, 5.74) is 1.92. The van der Waals surface area contributed by atoms with E-state index in [0.29, 0.717) is 13.1 Å². The molecule has 1 aromatic carbocycles. The van der Waals surface area contributed by atoms with Crippen molar-refractivity contribution < 1.29 is 4.79 Å². The minimum Gasteiger partial charge on any atom is -0.367 e. The number of aromatic nitrogens is 2. The van der Waals surface area contributed by atoms with Crippen LogP contribution in [-0.2, 0) is 11.8 Å². The van der Waals surface area contributed by atoms with Gasteiger partial charge < -0.3 is 15.1 Å². The number of carbonyl (C=O) groups excluding carboxylic acids is 1. The van der Waals surface area contributed by atoms with Crippen LogP contribution in [0, 0.1) is 0 Å². The molecule has 0 spiro atoms. The molecule has 0 aliphatic carbocycles. The summed E-state index contributed by atoms with van der Waals surface area (Å²) in [6.45, 7) is 2.92. The fraction of sp³-hybridized carbons (Fsp3) is 0.412. The number of hydrogen-bond acceptors (Lipinski definition) is 4. The molecule has 26 heavy (non-hydrogen) atoms. The number of nitrogens with one attached hydrogen (secondary N) is 1. The molecule has 1 fully saturated rings. The average molecular weight is 421 g/mol. The first-order valence-electron chi connectivity index (χ1n) is 8.04. The Morgan fingerprint density at radius 3 is 2.38 bits per heavy atom. The summed E-state index contributed by atoms with van der Waals surface area (Å²) in [6.07, 6.45) is 3.61. The number of anilines is 1. The first-order valence-corrected chi connectivity index (χ1v) is 8.42. The molecule has 2 aromatic rings. The quantitative estimate of drug-likeness (QED) is 0.826. The highest BCUT2D eigenvalue weighted by atomic mass is 35.5. The Morgan fingerprint density at radius 2 is 1.85 bits per heavy atom. The lowest BCUT2D eigenvalue weighted by Crippen LogP contribution is -2.51. The van der Waals surface area contributed by atoms with Crippen LogP contribution in [0.2, 0.25) is 5.02 Å². The zero-order valence-corrected chi connectivity index (χ0v) is 17.2. The van der Waals surface area contributed by atoms with Gasteiger partial charge in [0.05, 0.1) is 16.9 Å². The molecule has 1 unspecified atom stereocenters. The van der Waals surface area contributed by atoms with Crippen molar-refractivity contribution in [2.45, 2.75) is 6.04 Å². The van der Waals surface area contributed by atoms with Crippen molar-refractivity contribution >= 4 is 48.0 Å². The number of aryl methyl sites for hydroxylation is 1. The van der Waals surface area contributed by atoms with Gasteiger partial charge in [0, 0.05) is 45.0 Å². The number of nitrogens with zero attached hydrogens (tertiary/aromatic N) is 4. The highest BCUT2D eigenvalue weighted by Gasteiger charge is 2.28. The Morgan fingerprint density at radius 1 is 1.19 bits per heavy atom. The Hall–Kier alpha value is -1.47. The first kappa shape index (κ1) is 22.6. The van der Waals surface area contributed by atoms with Crippen molar-refractivity contribution in [3.63, 3.8) is 0 Å². The summed E-state index contributed by atoms with van der Waals surface area (Å²) >= 11 is 6.27. The van der Waals surface area contributed by atoms with E-state index >= 15 is 0 Å². The standard InChI is InChI=1S/C17H22ClN5O.2ClH/c1-19-16(13-11-20-21(2)12-13)17(24)23-9-7-22(8-10-23)15-6-4-3-5-14(15)18;;/h3-6,11-12,16,19H,7-10H2,1-2H3;2*1H. The van der Waals surface area contributed by atoms with E-state index < -0.39 is 0 Å². The van der Waals surface area contributed by atoms with Gasteiger partial charge in [-0.1, -0.05) is 23.7 Å². The van der Waals surface area contributed by atoms with Crippen molar-refractivity contribution in [3.8, 4) is 0 Å². The van der Waals surface area contributed by atoms with E-state index in [0.717, 1.165) is 29.4 Å². The summed E-state index contributed by atoms with van der Waals surface area (Å²) in [4.78, 5) is 17.0. The molecule has 1 aliphatic heterocycles. The molecule has 1 N–H and O–H groups in total. The molecular formula is C17H24Cl3N5O. The van der Waals surface area contributed by atoms with Gasteiger partial charge >= 0.3 is 0 Å². The highest BCUT2D eigenvalue weighted by Crippen LogP contribution is 2.26. The molecule has 1 atom stereocenters. The molecule has 2 heterocycles. The number of benzene rings is 1. The second-order valence-corrected chi connectivity index (χ2v) is 6.34. The molecular weight excluding hydrogens is 397 g/mol. The summed E-state index contributed by atoms with van der Waals surface area (Å²) in [7, 11) is 3.65. The van der Waals surface area contributed by atoms with Gasteiger partial charge in [0.25, 0.3) is 0 Å². The molecule has 9 heteroatoms. The van der Waals surface area contributed by atoms with E-state index in [9.17, 15) is 4.79 Å². The fourth-order valence-electron chi connectivity index (χ4n) is 3.08. The van der Waals surface area contributed by atoms with E-state index in [-0.39, 0.29) is 36.8 Å². The molecule has 0 bridgehead atoms. The van der Waals surface area contributed by atoms with Gasteiger partial charge in [-0.3, -0.25) is 9.48 Å². The summed E-state index contributed by atoms with van der Waals surface area (Å²) in [6, 6.07) is 7.47. The summed E-state index contributed by atoms with van der Waals surface area (Å²) in [5.74, 6) is 0.0873. The topological polar surface area (TPSA) is 53.4 Å². The molecule has 1 amide bonds. The summed E-state index contributed by atoms with van der Waals surface area (Å²) < 4.78 is 1.71. The largest absolute Gasteiger partial charge is 0.367 e. The second-order valence-electron chi connectivity index (χ2n) is 5.93. The van der Waals surface area contributed by atoms with Crippen LogP contribution < -0.4 is 10.2 Å². The van der Waals surface area contributed by atoms with Crippen molar-refractivity contribution in [1.82, 2.24) is 20.0 Å². The molecule has 1 aliphatic rings. The lowest BCUT2D eigenvalue weighted by molar-refractivity contribution is -0.133. The summed E-state index contributed by atoms with van der Waals surface area (Å²) in [5, 5.41) is 8.01. The SMILES string of the molecule is CNC(C(=O)N1CCN(c2ccccc2Cl)CC1)c1cnn(C)c1.Cl.Cl. The third kappa shape index (κ3) is 4.82. The van der Waals surface area contributed by atoms with Gasteiger partial charge in [-0.2, -0.15) is 5.10 Å². The smallest absolute Gasteiger partial charge is 0.244 e. The van der Waals surface area contributed by atoms with Crippen molar-refractivity contribution in [1.29, 1.82) is 0 Å². The van der Waals surface area contributed by atoms with Crippen LogP contribution in [0.25, 0.3) is 0 Å². The Balaban J connectivity index is 0.00000169. The minimum absolute atomic E-state index is 0. The molecule has 6 nitrogen and oxygen atoms in total.